The van der Waals surface area contributed by atoms with Gasteiger partial charge in [0.25, 0.3) is 5.91 Å². The van der Waals surface area contributed by atoms with Crippen molar-refractivity contribution in [2.45, 2.75) is 33.2 Å². The molecule has 27 heavy (non-hydrogen) atoms. The lowest BCUT2D eigenvalue weighted by Crippen LogP contribution is -2.47. The van der Waals surface area contributed by atoms with Crippen LogP contribution in [0.1, 0.15) is 31.4 Å². The lowest BCUT2D eigenvalue weighted by molar-refractivity contribution is -0.142. The van der Waals surface area contributed by atoms with Crippen molar-refractivity contribution < 1.29 is 19.5 Å². The zero-order valence-corrected chi connectivity index (χ0v) is 17.0. The second-order valence-electron chi connectivity index (χ2n) is 6.77. The second-order valence-corrected chi connectivity index (χ2v) is 8.44. The number of nitrogens with one attached hydrogen (secondary N) is 1. The van der Waals surface area contributed by atoms with Crippen LogP contribution in [0.4, 0.5) is 0 Å². The van der Waals surface area contributed by atoms with E-state index in [0.29, 0.717) is 11.3 Å². The van der Waals surface area contributed by atoms with Crippen LogP contribution in [0, 0.1) is 12.8 Å². The Kier molecular flexibility index (Phi) is 7.15. The summed E-state index contributed by atoms with van der Waals surface area (Å²) in [5, 5.41) is 11.7. The fourth-order valence-electron chi connectivity index (χ4n) is 2.53. The molecule has 1 heterocycles. The molecule has 1 aliphatic heterocycles. The summed E-state index contributed by atoms with van der Waals surface area (Å²) in [4.78, 5) is 37.7. The van der Waals surface area contributed by atoms with Crippen molar-refractivity contribution >= 4 is 52.2 Å². The van der Waals surface area contributed by atoms with Gasteiger partial charge in [0.15, 0.2) is 0 Å². The Bertz CT molecular complexity index is 787. The monoisotopic (exact) mass is 406 g/mol. The van der Waals surface area contributed by atoms with Gasteiger partial charge in [-0.25, -0.2) is 4.79 Å². The first-order valence-electron chi connectivity index (χ1n) is 8.51. The van der Waals surface area contributed by atoms with Crippen molar-refractivity contribution in [2.24, 2.45) is 5.92 Å². The summed E-state index contributed by atoms with van der Waals surface area (Å²) < 4.78 is 0.282. The Morgan fingerprint density at radius 3 is 2.48 bits per heavy atom. The summed E-state index contributed by atoms with van der Waals surface area (Å²) in [5.41, 5.74) is 1.99. The van der Waals surface area contributed by atoms with E-state index < -0.39 is 17.9 Å². The Labute approximate surface area is 168 Å². The van der Waals surface area contributed by atoms with Gasteiger partial charge in [-0.15, -0.1) is 0 Å². The summed E-state index contributed by atoms with van der Waals surface area (Å²) in [6.07, 6.45) is 2.04. The van der Waals surface area contributed by atoms with Gasteiger partial charge in [-0.1, -0.05) is 67.7 Å². The highest BCUT2D eigenvalue weighted by Crippen LogP contribution is 2.32. The number of rotatable bonds is 7. The van der Waals surface area contributed by atoms with Crippen LogP contribution < -0.4 is 5.32 Å². The highest BCUT2D eigenvalue weighted by Gasteiger charge is 2.34. The first-order valence-corrected chi connectivity index (χ1v) is 9.74. The minimum Gasteiger partial charge on any atom is -0.480 e. The fourth-order valence-corrected chi connectivity index (χ4v) is 3.78. The van der Waals surface area contributed by atoms with Crippen LogP contribution in [0.5, 0.6) is 0 Å². The van der Waals surface area contributed by atoms with Crippen LogP contribution in [-0.2, 0) is 14.4 Å². The number of nitrogens with zero attached hydrogens (tertiary/aromatic N) is 1. The van der Waals surface area contributed by atoms with Crippen molar-refractivity contribution in [3.63, 3.8) is 0 Å². The van der Waals surface area contributed by atoms with Crippen molar-refractivity contribution in [2.75, 3.05) is 6.54 Å². The van der Waals surface area contributed by atoms with E-state index in [1.807, 2.05) is 45.0 Å². The molecule has 6 nitrogen and oxygen atoms in total. The van der Waals surface area contributed by atoms with Crippen LogP contribution in [0.2, 0.25) is 0 Å². The molecule has 8 heteroatoms. The number of thioether (sulfide) groups is 1. The topological polar surface area (TPSA) is 86.7 Å². The van der Waals surface area contributed by atoms with Crippen LogP contribution in [-0.4, -0.2) is 44.7 Å². The van der Waals surface area contributed by atoms with Gasteiger partial charge >= 0.3 is 5.97 Å². The molecular formula is C19H22N2O4S2. The molecule has 0 radical (unpaired) electrons. The number of carbonyl (C=O) groups excluding carboxylic acids is 2. The van der Waals surface area contributed by atoms with Gasteiger partial charge < -0.3 is 10.4 Å². The largest absolute Gasteiger partial charge is 0.480 e. The van der Waals surface area contributed by atoms with E-state index >= 15 is 0 Å². The van der Waals surface area contributed by atoms with Gasteiger partial charge in [-0.05, 0) is 30.9 Å². The first-order chi connectivity index (χ1) is 12.7. The number of amides is 2. The predicted molar refractivity (Wildman–Crippen MR) is 110 cm³/mol. The van der Waals surface area contributed by atoms with Crippen LogP contribution in [0.15, 0.2) is 29.2 Å². The fraction of sp³-hybridized carbons (Fsp3) is 0.368. The molecule has 0 aromatic heterocycles. The Morgan fingerprint density at radius 1 is 1.30 bits per heavy atom. The van der Waals surface area contributed by atoms with E-state index in [0.717, 1.165) is 22.9 Å². The number of carboxylic acids is 1. The van der Waals surface area contributed by atoms with Gasteiger partial charge in [0.05, 0.1) is 4.91 Å². The van der Waals surface area contributed by atoms with Crippen LogP contribution in [0.25, 0.3) is 6.08 Å². The minimum absolute atomic E-state index is 0.112. The zero-order valence-electron chi connectivity index (χ0n) is 15.4. The van der Waals surface area contributed by atoms with E-state index in [1.54, 1.807) is 6.08 Å². The number of carboxylic acid groups (broad SMARTS) is 1. The Balaban J connectivity index is 2.05. The standard InChI is InChI=1S/C19H22N2O4S2/c1-11(2)8-14(18(24)25)20-16(22)10-21-17(23)15(27-19(21)26)9-13-6-4-12(3)5-7-13/h4-7,9,11,14H,8,10H2,1-3H3,(H,20,22)(H,24,25)/b15-9+/t14-/m0/s1. The molecule has 2 N–H and O–H groups in total. The molecule has 1 aromatic rings. The molecule has 1 aliphatic rings. The predicted octanol–water partition coefficient (Wildman–Crippen LogP) is 2.81. The molecule has 2 amide bonds. The average molecular weight is 407 g/mol. The molecule has 0 saturated carbocycles. The van der Waals surface area contributed by atoms with Crippen LogP contribution >= 0.6 is 24.0 Å². The minimum atomic E-state index is -1.10. The Morgan fingerprint density at radius 2 is 1.93 bits per heavy atom. The summed E-state index contributed by atoms with van der Waals surface area (Å²) in [5.74, 6) is -1.88. The van der Waals surface area contributed by atoms with Crippen LogP contribution in [0.3, 0.4) is 0 Å². The van der Waals surface area contributed by atoms with Crippen molar-refractivity contribution in [3.05, 3.63) is 40.3 Å². The van der Waals surface area contributed by atoms with Crippen molar-refractivity contribution in [1.29, 1.82) is 0 Å². The van der Waals surface area contributed by atoms with E-state index in [-0.39, 0.29) is 22.7 Å². The summed E-state index contributed by atoms with van der Waals surface area (Å²) in [7, 11) is 0. The molecule has 1 aromatic carbocycles. The average Bonchev–Trinajstić information content (AvgIpc) is 2.83. The number of aryl methyl sites for hydroxylation is 1. The van der Waals surface area contributed by atoms with Gasteiger partial charge in [0.1, 0.15) is 16.9 Å². The molecular weight excluding hydrogens is 384 g/mol. The number of thiocarbonyl (C=S) groups is 1. The zero-order chi connectivity index (χ0) is 20.1. The maximum atomic E-state index is 12.6. The molecule has 1 saturated heterocycles. The second kappa shape index (κ2) is 9.14. The SMILES string of the molecule is Cc1ccc(/C=C2/SC(=S)N(CC(=O)N[C@@H](CC(C)C)C(=O)O)C2=O)cc1. The number of benzene rings is 1. The third-order valence-corrected chi connectivity index (χ3v) is 5.27. The van der Waals surface area contributed by atoms with Gasteiger partial charge in [0.2, 0.25) is 5.91 Å². The number of aliphatic carboxylic acids is 1. The molecule has 144 valence electrons. The lowest BCUT2D eigenvalue weighted by Gasteiger charge is -2.19. The highest BCUT2D eigenvalue weighted by atomic mass is 32.2. The summed E-state index contributed by atoms with van der Waals surface area (Å²) >= 11 is 6.35. The van der Waals surface area contributed by atoms with E-state index in [1.165, 1.54) is 4.90 Å². The number of hydrogen-bond acceptors (Lipinski definition) is 5. The molecule has 1 atom stereocenters. The smallest absolute Gasteiger partial charge is 0.326 e. The maximum absolute atomic E-state index is 12.6. The molecule has 0 bridgehead atoms. The lowest BCUT2D eigenvalue weighted by atomic mass is 10.0. The van der Waals surface area contributed by atoms with Gasteiger partial charge in [-0.3, -0.25) is 14.5 Å². The quantitative estimate of drug-likeness (QED) is 0.535. The van der Waals surface area contributed by atoms with Gasteiger partial charge in [-0.2, -0.15) is 0 Å². The van der Waals surface area contributed by atoms with E-state index in [2.05, 4.69) is 5.32 Å². The maximum Gasteiger partial charge on any atom is 0.326 e. The summed E-state index contributed by atoms with van der Waals surface area (Å²) in [6.45, 7) is 5.43. The highest BCUT2D eigenvalue weighted by molar-refractivity contribution is 8.26. The summed E-state index contributed by atoms with van der Waals surface area (Å²) in [6, 6.07) is 6.70. The number of hydrogen-bond donors (Lipinski definition) is 2. The Hall–Kier alpha value is -2.19. The van der Waals surface area contributed by atoms with Gasteiger partial charge in [0, 0.05) is 0 Å². The molecule has 2 rings (SSSR count). The van der Waals surface area contributed by atoms with E-state index in [4.69, 9.17) is 12.2 Å². The third-order valence-electron chi connectivity index (χ3n) is 3.89. The number of carbonyl (C=O) groups is 3. The molecule has 1 fully saturated rings. The molecule has 0 unspecified atom stereocenters. The van der Waals surface area contributed by atoms with Crippen molar-refractivity contribution in [3.8, 4) is 0 Å². The first kappa shape index (κ1) is 21.1. The third kappa shape index (κ3) is 5.90. The van der Waals surface area contributed by atoms with E-state index in [9.17, 15) is 19.5 Å². The molecule has 0 aliphatic carbocycles. The van der Waals surface area contributed by atoms with Crippen molar-refractivity contribution in [1.82, 2.24) is 10.2 Å². The normalized spacial score (nSPS) is 16.9. The molecule has 0 spiro atoms.